The maximum absolute atomic E-state index is 12.0. The molecule has 0 aliphatic rings. The van der Waals surface area contributed by atoms with Crippen LogP contribution in [0.15, 0.2) is 36.1 Å². The van der Waals surface area contributed by atoms with Crippen molar-refractivity contribution in [3.8, 4) is 6.07 Å². The first-order valence-electron chi connectivity index (χ1n) is 6.88. The number of carbonyl (C=O) groups excluding carboxylic acids is 1. The summed E-state index contributed by atoms with van der Waals surface area (Å²) in [4.78, 5) is 12.0. The van der Waals surface area contributed by atoms with Gasteiger partial charge in [0.2, 0.25) is 0 Å². The third-order valence-electron chi connectivity index (χ3n) is 3.01. The van der Waals surface area contributed by atoms with Gasteiger partial charge in [-0.1, -0.05) is 31.2 Å². The van der Waals surface area contributed by atoms with Crippen molar-refractivity contribution in [2.24, 2.45) is 0 Å². The lowest BCUT2D eigenvalue weighted by Crippen LogP contribution is -2.31. The van der Waals surface area contributed by atoms with Gasteiger partial charge >= 0.3 is 0 Å². The van der Waals surface area contributed by atoms with E-state index in [2.05, 4.69) is 12.2 Å². The second kappa shape index (κ2) is 8.77. The molecule has 5 nitrogen and oxygen atoms in total. The number of nitrogens with one attached hydrogen (secondary N) is 1. The number of hydrogen-bond acceptors (Lipinski definition) is 4. The first-order chi connectivity index (χ1) is 10.2. The number of benzene rings is 1. The Labute approximate surface area is 124 Å². The standard InChI is InChI=1S/C16H20N2O3/c1-3-12-5-7-13(8-6-12)15(10-19)18-16(20)14(9-17)11-21-4-2/h5-8,11,15,19H,3-4,10H2,1-2H3,(H,18,20)/b14-11-. The zero-order valence-electron chi connectivity index (χ0n) is 12.3. The van der Waals surface area contributed by atoms with Gasteiger partial charge in [0.25, 0.3) is 5.91 Å². The van der Waals surface area contributed by atoms with E-state index >= 15 is 0 Å². The number of amides is 1. The zero-order chi connectivity index (χ0) is 15.7. The third-order valence-corrected chi connectivity index (χ3v) is 3.01. The van der Waals surface area contributed by atoms with Gasteiger partial charge in [-0.05, 0) is 24.5 Å². The van der Waals surface area contributed by atoms with Crippen molar-refractivity contribution in [2.45, 2.75) is 26.3 Å². The molecule has 0 aliphatic heterocycles. The van der Waals surface area contributed by atoms with Crippen LogP contribution in [-0.4, -0.2) is 24.2 Å². The highest BCUT2D eigenvalue weighted by atomic mass is 16.5. The number of carbonyl (C=O) groups is 1. The number of nitrogens with zero attached hydrogens (tertiary/aromatic N) is 1. The number of aliphatic hydroxyl groups is 1. The minimum absolute atomic E-state index is 0.125. The number of ether oxygens (including phenoxy) is 1. The summed E-state index contributed by atoms with van der Waals surface area (Å²) in [5.41, 5.74) is 1.84. The Hall–Kier alpha value is -2.32. The van der Waals surface area contributed by atoms with Gasteiger partial charge in [0, 0.05) is 0 Å². The molecule has 0 bridgehead atoms. The van der Waals surface area contributed by atoms with Crippen molar-refractivity contribution in [1.29, 1.82) is 5.26 Å². The van der Waals surface area contributed by atoms with E-state index in [-0.39, 0.29) is 12.2 Å². The predicted octanol–water partition coefficient (Wildman–Crippen LogP) is 1.84. The van der Waals surface area contributed by atoms with E-state index in [1.807, 2.05) is 24.3 Å². The van der Waals surface area contributed by atoms with Crippen molar-refractivity contribution in [1.82, 2.24) is 5.32 Å². The molecule has 0 radical (unpaired) electrons. The summed E-state index contributed by atoms with van der Waals surface area (Å²) in [6.45, 7) is 3.94. The summed E-state index contributed by atoms with van der Waals surface area (Å²) in [5.74, 6) is -0.565. The van der Waals surface area contributed by atoms with Gasteiger partial charge in [0.05, 0.1) is 19.3 Å². The lowest BCUT2D eigenvalue weighted by atomic mass is 10.0. The molecule has 0 heterocycles. The van der Waals surface area contributed by atoms with E-state index in [9.17, 15) is 9.90 Å². The molecule has 1 amide bonds. The number of hydrogen-bond donors (Lipinski definition) is 2. The monoisotopic (exact) mass is 288 g/mol. The highest BCUT2D eigenvalue weighted by Crippen LogP contribution is 2.14. The molecule has 0 aliphatic carbocycles. The molecule has 1 unspecified atom stereocenters. The Morgan fingerprint density at radius 2 is 2.10 bits per heavy atom. The Morgan fingerprint density at radius 3 is 2.57 bits per heavy atom. The number of nitriles is 1. The summed E-state index contributed by atoms with van der Waals surface area (Å²) in [6.07, 6.45) is 2.05. The van der Waals surface area contributed by atoms with Crippen molar-refractivity contribution >= 4 is 5.91 Å². The third kappa shape index (κ3) is 4.93. The molecule has 0 saturated carbocycles. The van der Waals surface area contributed by atoms with Crippen LogP contribution in [0.4, 0.5) is 0 Å². The minimum Gasteiger partial charge on any atom is -0.500 e. The fraction of sp³-hybridized carbons (Fsp3) is 0.375. The smallest absolute Gasteiger partial charge is 0.265 e. The van der Waals surface area contributed by atoms with Crippen LogP contribution in [0.1, 0.15) is 31.0 Å². The molecule has 0 fully saturated rings. The molecule has 0 aromatic heterocycles. The van der Waals surface area contributed by atoms with E-state index in [4.69, 9.17) is 10.00 Å². The number of aliphatic hydroxyl groups excluding tert-OH is 1. The van der Waals surface area contributed by atoms with Gasteiger partial charge in [-0.15, -0.1) is 0 Å². The molecular formula is C16H20N2O3. The molecule has 1 aromatic carbocycles. The summed E-state index contributed by atoms with van der Waals surface area (Å²) >= 11 is 0. The lowest BCUT2D eigenvalue weighted by Gasteiger charge is -2.16. The van der Waals surface area contributed by atoms with Crippen LogP contribution < -0.4 is 5.32 Å². The van der Waals surface area contributed by atoms with Gasteiger partial charge in [0.1, 0.15) is 12.3 Å². The van der Waals surface area contributed by atoms with E-state index in [0.717, 1.165) is 18.2 Å². The van der Waals surface area contributed by atoms with Crippen LogP contribution in [0.3, 0.4) is 0 Å². The fourth-order valence-electron chi connectivity index (χ4n) is 1.75. The average molecular weight is 288 g/mol. The molecule has 0 spiro atoms. The lowest BCUT2D eigenvalue weighted by molar-refractivity contribution is -0.118. The summed E-state index contributed by atoms with van der Waals surface area (Å²) in [5, 5.41) is 21.0. The van der Waals surface area contributed by atoms with Gasteiger partial charge in [-0.2, -0.15) is 5.26 Å². The second-order valence-electron chi connectivity index (χ2n) is 4.40. The van der Waals surface area contributed by atoms with E-state index < -0.39 is 11.9 Å². The molecule has 1 atom stereocenters. The largest absolute Gasteiger partial charge is 0.500 e. The molecule has 0 saturated heterocycles. The fourth-order valence-corrected chi connectivity index (χ4v) is 1.75. The zero-order valence-corrected chi connectivity index (χ0v) is 12.3. The highest BCUT2D eigenvalue weighted by Gasteiger charge is 2.17. The first kappa shape index (κ1) is 16.7. The summed E-state index contributed by atoms with van der Waals surface area (Å²) < 4.78 is 4.95. The van der Waals surface area contributed by atoms with Crippen LogP contribution >= 0.6 is 0 Å². The normalized spacial score (nSPS) is 12.4. The van der Waals surface area contributed by atoms with Crippen LogP contribution in [0.2, 0.25) is 0 Å². The van der Waals surface area contributed by atoms with Crippen molar-refractivity contribution in [3.63, 3.8) is 0 Å². The molecule has 1 aromatic rings. The minimum atomic E-state index is -0.565. The Kier molecular flexibility index (Phi) is 6.99. The average Bonchev–Trinajstić information content (AvgIpc) is 2.53. The maximum Gasteiger partial charge on any atom is 0.265 e. The van der Waals surface area contributed by atoms with E-state index in [0.29, 0.717) is 6.61 Å². The van der Waals surface area contributed by atoms with Gasteiger partial charge in [-0.3, -0.25) is 4.79 Å². The summed E-state index contributed by atoms with van der Waals surface area (Å²) in [7, 11) is 0. The Bertz CT molecular complexity index is 529. The van der Waals surface area contributed by atoms with Crippen molar-refractivity contribution < 1.29 is 14.6 Å². The van der Waals surface area contributed by atoms with Crippen LogP contribution in [0.5, 0.6) is 0 Å². The molecular weight excluding hydrogens is 268 g/mol. The quantitative estimate of drug-likeness (QED) is 0.455. The predicted molar refractivity (Wildman–Crippen MR) is 79.1 cm³/mol. The Balaban J connectivity index is 2.81. The highest BCUT2D eigenvalue weighted by molar-refractivity contribution is 5.97. The maximum atomic E-state index is 12.0. The van der Waals surface area contributed by atoms with E-state index in [1.54, 1.807) is 13.0 Å². The second-order valence-corrected chi connectivity index (χ2v) is 4.40. The van der Waals surface area contributed by atoms with Crippen molar-refractivity contribution in [2.75, 3.05) is 13.2 Å². The molecule has 2 N–H and O–H groups in total. The van der Waals surface area contributed by atoms with Crippen LogP contribution in [0, 0.1) is 11.3 Å². The topological polar surface area (TPSA) is 82.3 Å². The Morgan fingerprint density at radius 1 is 1.43 bits per heavy atom. The number of rotatable bonds is 7. The van der Waals surface area contributed by atoms with Gasteiger partial charge < -0.3 is 15.2 Å². The molecule has 112 valence electrons. The van der Waals surface area contributed by atoms with Crippen molar-refractivity contribution in [3.05, 3.63) is 47.2 Å². The molecule has 1 rings (SSSR count). The first-order valence-corrected chi connectivity index (χ1v) is 6.88. The van der Waals surface area contributed by atoms with Crippen LogP contribution in [-0.2, 0) is 16.0 Å². The van der Waals surface area contributed by atoms with Crippen LogP contribution in [0.25, 0.3) is 0 Å². The van der Waals surface area contributed by atoms with Gasteiger partial charge in [0.15, 0.2) is 5.57 Å². The van der Waals surface area contributed by atoms with E-state index in [1.165, 1.54) is 5.56 Å². The molecule has 5 heteroatoms. The SMILES string of the molecule is CCO/C=C(/C#N)C(=O)NC(CO)c1ccc(CC)cc1. The number of aryl methyl sites for hydroxylation is 1. The summed E-state index contributed by atoms with van der Waals surface area (Å²) in [6, 6.07) is 8.84. The van der Waals surface area contributed by atoms with Gasteiger partial charge in [-0.25, -0.2) is 0 Å². The molecule has 21 heavy (non-hydrogen) atoms.